The number of carbonyl (C=O) groups excluding carboxylic acids is 4. The number of aromatic nitrogens is 3. The average Bonchev–Trinajstić information content (AvgIpc) is 3.83. The van der Waals surface area contributed by atoms with Crippen molar-refractivity contribution < 1.29 is 47.3 Å². The number of ether oxygens (including phenoxy) is 1. The lowest BCUT2D eigenvalue weighted by atomic mass is 9.85. The lowest BCUT2D eigenvalue weighted by Gasteiger charge is -2.47. The third kappa shape index (κ3) is 11.0. The fourth-order valence-electron chi connectivity index (χ4n) is 12.9. The van der Waals surface area contributed by atoms with Gasteiger partial charge in [-0.25, -0.2) is 13.2 Å². The Morgan fingerprint density at radius 3 is 2.34 bits per heavy atom. The minimum atomic E-state index is -2.03. The van der Waals surface area contributed by atoms with Gasteiger partial charge in [0.25, 0.3) is 5.91 Å². The summed E-state index contributed by atoms with van der Waals surface area (Å²) >= 11 is 0. The van der Waals surface area contributed by atoms with Crippen molar-refractivity contribution >= 4 is 62.9 Å². The maximum absolute atomic E-state index is 17.3. The van der Waals surface area contributed by atoms with E-state index in [0.717, 1.165) is 29.7 Å². The number of nitrogens with one attached hydrogen (secondary N) is 3. The van der Waals surface area contributed by atoms with Gasteiger partial charge in [0.05, 0.1) is 29.5 Å². The summed E-state index contributed by atoms with van der Waals surface area (Å²) in [5, 5.41) is 32.0. The van der Waals surface area contributed by atoms with E-state index in [0.29, 0.717) is 80.7 Å². The summed E-state index contributed by atoms with van der Waals surface area (Å²) < 4.78 is 53.8. The molecule has 4 amide bonds. The number of hydrogen-bond acceptors (Lipinski definition) is 14. The Hall–Kier alpha value is -7.67. The molecule has 83 heavy (non-hydrogen) atoms. The minimum Gasteiger partial charge on any atom is -0.508 e. The topological polar surface area (TPSA) is 218 Å². The van der Waals surface area contributed by atoms with Gasteiger partial charge in [-0.2, -0.15) is 9.97 Å². The third-order valence-electron chi connectivity index (χ3n) is 17.8. The van der Waals surface area contributed by atoms with Gasteiger partial charge in [-0.15, -0.1) is 6.42 Å². The van der Waals surface area contributed by atoms with Crippen LogP contribution in [0, 0.1) is 29.4 Å². The van der Waals surface area contributed by atoms with Gasteiger partial charge in [0.15, 0.2) is 11.5 Å². The second kappa shape index (κ2) is 21.8. The number of likely N-dealkylation sites (tertiary alicyclic amines) is 3. The standard InChI is InChI=1S/C62H68F3N11O7/c1-6-43-47(63)14-11-36-23-40(77)24-45(51(36)43)53-52(64)54-46(27-67-53)56(75-28-37-12-13-38(29-75)68-37)72-60(70-54)83-42-16-21-73(22-17-42)39-30-74(31-39)50(79)26-48(35-9-7-34(8-10-35)44-15-20-66-33(44)2)69-57(80)49-25-41(78)32-76(49)58(81)55(61(3,4)5)71-59(82)62(65)18-19-62/h1,7-11,14,20,23-24,27,37-39,41-42,48-49,55,68,77-78H,12-13,15-19,21-22,25-26,28-32H2,2-5H3,(H,69,80)(H,71,82)/t37?,38?,41-,48-,49?,55?/m0/s1. The molecule has 1 aliphatic carbocycles. The van der Waals surface area contributed by atoms with Crippen LogP contribution in [0.1, 0.15) is 108 Å². The number of phenols is 1. The number of β-amino-alcohol motifs (C(OH)–C–C–N with tert-alkyl or cyclic N) is 1. The summed E-state index contributed by atoms with van der Waals surface area (Å²) in [7, 11) is 0. The summed E-state index contributed by atoms with van der Waals surface area (Å²) in [5.74, 6) is -0.980. The number of alkyl halides is 1. The highest BCUT2D eigenvalue weighted by Crippen LogP contribution is 2.42. The van der Waals surface area contributed by atoms with Crippen molar-refractivity contribution in [2.75, 3.05) is 50.7 Å². The van der Waals surface area contributed by atoms with Crippen LogP contribution in [-0.4, -0.2) is 164 Å². The van der Waals surface area contributed by atoms with Crippen molar-refractivity contribution in [2.45, 2.75) is 140 Å². The molecule has 12 rings (SSSR count). The molecule has 18 nitrogen and oxygen atoms in total. The zero-order valence-electron chi connectivity index (χ0n) is 46.9. The van der Waals surface area contributed by atoms with Crippen molar-refractivity contribution in [1.82, 2.24) is 45.6 Å². The highest BCUT2D eigenvalue weighted by atomic mass is 19.1. The van der Waals surface area contributed by atoms with E-state index in [9.17, 15) is 33.8 Å². The van der Waals surface area contributed by atoms with Crippen molar-refractivity contribution in [3.05, 3.63) is 88.7 Å². The number of benzene rings is 3. The molecule has 0 spiro atoms. The zero-order valence-corrected chi connectivity index (χ0v) is 46.9. The SMILES string of the molecule is C#Cc1c(F)ccc2cc(O)cc(-c3ncc4c(N5CC6CCC(C5)N6)nc(OC5CCN(C6CN(C(=O)C[C@H](NC(=O)C7C[C@H](O)CN7C(=O)C(NC(=O)C7(F)CC7)C(C)(C)C)c7ccc(C8=C(C)N=CC8)cc7)C6)CC5)nc4c3F)c12. The molecule has 434 valence electrons. The third-order valence-corrected chi connectivity index (χ3v) is 17.8. The Labute approximate surface area is 478 Å². The van der Waals surface area contributed by atoms with Crippen LogP contribution < -0.4 is 25.6 Å². The Morgan fingerprint density at radius 1 is 0.952 bits per heavy atom. The molecular weight excluding hydrogens is 1070 g/mol. The van der Waals surface area contributed by atoms with E-state index in [2.05, 4.69) is 46.6 Å². The van der Waals surface area contributed by atoms with Crippen molar-refractivity contribution in [2.24, 2.45) is 10.4 Å². The number of terminal acetylenes is 1. The Morgan fingerprint density at radius 2 is 1.67 bits per heavy atom. The van der Waals surface area contributed by atoms with E-state index in [-0.39, 0.29) is 102 Å². The number of anilines is 1. The van der Waals surface area contributed by atoms with Crippen molar-refractivity contribution in [3.8, 4) is 35.4 Å². The molecule has 21 heteroatoms. The molecule has 6 fully saturated rings. The summed E-state index contributed by atoms with van der Waals surface area (Å²) in [6, 6.07) is 10.5. The highest BCUT2D eigenvalue weighted by molar-refractivity contribution is 6.03. The molecule has 8 heterocycles. The van der Waals surface area contributed by atoms with Crippen LogP contribution in [0.3, 0.4) is 0 Å². The van der Waals surface area contributed by atoms with E-state index in [1.807, 2.05) is 37.4 Å². The quantitative estimate of drug-likeness (QED) is 0.0778. The molecule has 6 atom stereocenters. The van der Waals surface area contributed by atoms with E-state index >= 15 is 8.78 Å². The summed E-state index contributed by atoms with van der Waals surface area (Å²) in [4.78, 5) is 82.0. The molecule has 1 saturated carbocycles. The van der Waals surface area contributed by atoms with Gasteiger partial charge in [-0.05, 0) is 91.1 Å². The smallest absolute Gasteiger partial charge is 0.319 e. The number of hydrogen-bond donors (Lipinski definition) is 5. The fourth-order valence-corrected chi connectivity index (χ4v) is 12.9. The van der Waals surface area contributed by atoms with Gasteiger partial charge in [0.1, 0.15) is 46.8 Å². The maximum Gasteiger partial charge on any atom is 0.319 e. The van der Waals surface area contributed by atoms with Gasteiger partial charge >= 0.3 is 6.01 Å². The number of piperidine rings is 1. The van der Waals surface area contributed by atoms with E-state index < -0.39 is 64.7 Å². The number of carbonyl (C=O) groups is 4. The molecule has 2 aromatic heterocycles. The van der Waals surface area contributed by atoms with Crippen LogP contribution >= 0.6 is 0 Å². The molecule has 5 aromatic rings. The first-order valence-electron chi connectivity index (χ1n) is 28.8. The monoisotopic (exact) mass is 1140 g/mol. The molecule has 5 saturated heterocycles. The first-order valence-corrected chi connectivity index (χ1v) is 28.8. The predicted octanol–water partition coefficient (Wildman–Crippen LogP) is 6.25. The number of halogens is 3. The zero-order chi connectivity index (χ0) is 58.2. The maximum atomic E-state index is 17.3. The summed E-state index contributed by atoms with van der Waals surface area (Å²) in [6.07, 6.45) is 11.6. The lowest BCUT2D eigenvalue weighted by molar-refractivity contribution is -0.145. The number of aliphatic hydroxyl groups is 1. The number of allylic oxidation sites excluding steroid dienone is 2. The van der Waals surface area contributed by atoms with Gasteiger partial charge in [-0.3, -0.25) is 34.1 Å². The Kier molecular flexibility index (Phi) is 14.7. The van der Waals surface area contributed by atoms with E-state index in [1.165, 1.54) is 35.4 Å². The number of nitrogens with zero attached hydrogens (tertiary/aromatic N) is 8. The van der Waals surface area contributed by atoms with Gasteiger partial charge in [0.2, 0.25) is 17.7 Å². The highest BCUT2D eigenvalue weighted by Gasteiger charge is 2.54. The molecule has 6 aliphatic heterocycles. The van der Waals surface area contributed by atoms with Crippen molar-refractivity contribution in [1.29, 1.82) is 0 Å². The largest absolute Gasteiger partial charge is 0.508 e. The minimum absolute atomic E-state index is 0.00594. The summed E-state index contributed by atoms with van der Waals surface area (Å²) in [6.45, 7) is 10.5. The van der Waals surface area contributed by atoms with Crippen molar-refractivity contribution in [3.63, 3.8) is 0 Å². The van der Waals surface area contributed by atoms with Crippen LogP contribution in [0.5, 0.6) is 11.8 Å². The van der Waals surface area contributed by atoms with Crippen LogP contribution in [-0.2, 0) is 19.2 Å². The van der Waals surface area contributed by atoms with Gasteiger partial charge < -0.3 is 45.6 Å². The number of aromatic hydroxyl groups is 1. The number of pyridine rings is 1. The number of amides is 4. The second-order valence-electron chi connectivity index (χ2n) is 24.6. The number of piperazine rings is 1. The molecular formula is C62H68F3N11O7. The van der Waals surface area contributed by atoms with E-state index in [1.54, 1.807) is 25.7 Å². The van der Waals surface area contributed by atoms with Crippen LogP contribution in [0.4, 0.5) is 19.0 Å². The normalized spacial score (nSPS) is 23.3. The Balaban J connectivity index is 0.729. The molecule has 2 bridgehead atoms. The molecule has 3 aromatic carbocycles. The van der Waals surface area contributed by atoms with Gasteiger partial charge in [0, 0.05) is 106 Å². The predicted molar refractivity (Wildman–Crippen MR) is 306 cm³/mol. The number of aliphatic imine (C=N–C) groups is 1. The van der Waals surface area contributed by atoms with Crippen LogP contribution in [0.15, 0.2) is 65.4 Å². The van der Waals surface area contributed by atoms with E-state index in [4.69, 9.17) is 16.1 Å². The van der Waals surface area contributed by atoms with Crippen LogP contribution in [0.25, 0.3) is 38.5 Å². The number of rotatable bonds is 14. The molecule has 4 unspecified atom stereocenters. The number of phenolic OH excluding ortho intramolecular Hbond substituents is 1. The second-order valence-corrected chi connectivity index (χ2v) is 24.6. The first-order chi connectivity index (χ1) is 39.7. The number of fused-ring (bicyclic) bond motifs is 4. The van der Waals surface area contributed by atoms with Gasteiger partial charge in [-0.1, -0.05) is 57.0 Å². The lowest BCUT2D eigenvalue weighted by Crippen LogP contribution is -2.63. The average molecular weight is 1140 g/mol. The molecule has 5 N–H and O–H groups in total. The fraction of sp³-hybridized carbons (Fsp3) is 0.484. The van der Waals surface area contributed by atoms with Crippen LogP contribution in [0.2, 0.25) is 0 Å². The first kappa shape index (κ1) is 55.8. The molecule has 7 aliphatic rings. The summed E-state index contributed by atoms with van der Waals surface area (Å²) in [5.41, 5.74) is 0.556. The molecule has 0 radical (unpaired) electrons. The Bertz CT molecular complexity index is 3540. The number of aliphatic hydroxyl groups excluding tert-OH is 1.